The zero-order chi connectivity index (χ0) is 13.1. The third kappa shape index (κ3) is 5.38. The fraction of sp³-hybridized carbons (Fsp3) is 0.500. The number of carbonyl (C=O) groups is 1. The number of nitrogens with one attached hydrogen (secondary N) is 1. The van der Waals surface area contributed by atoms with Crippen LogP contribution in [0.4, 0.5) is 0 Å². The van der Waals surface area contributed by atoms with Gasteiger partial charge >= 0.3 is 0 Å². The molecule has 3 nitrogen and oxygen atoms in total. The van der Waals surface area contributed by atoms with Crippen molar-refractivity contribution in [3.63, 3.8) is 0 Å². The predicted molar refractivity (Wildman–Crippen MR) is 69.3 cm³/mol. The van der Waals surface area contributed by atoms with Crippen molar-refractivity contribution in [1.29, 1.82) is 0 Å². The van der Waals surface area contributed by atoms with Gasteiger partial charge < -0.3 is 10.1 Å². The molecule has 0 aliphatic carbocycles. The Bertz CT molecular complexity index is 385. The summed E-state index contributed by atoms with van der Waals surface area (Å²) in [5.74, 6) is 0.642. The molecule has 94 valence electrons. The Hall–Kier alpha value is -1.51. The first-order valence-electron chi connectivity index (χ1n) is 5.78. The zero-order valence-corrected chi connectivity index (χ0v) is 11.3. The number of ether oxygens (including phenoxy) is 1. The molecule has 1 N–H and O–H groups in total. The smallest absolute Gasteiger partial charge is 0.258 e. The number of rotatable bonds is 3. The second-order valence-electron chi connectivity index (χ2n) is 5.41. The number of carbonyl (C=O) groups excluding carboxylic acids is 1. The maximum Gasteiger partial charge on any atom is 0.258 e. The normalized spacial score (nSPS) is 11.1. The second-order valence-corrected chi connectivity index (χ2v) is 5.41. The van der Waals surface area contributed by atoms with E-state index in [1.165, 1.54) is 0 Å². The summed E-state index contributed by atoms with van der Waals surface area (Å²) in [5, 5.41) is 2.85. The predicted octanol–water partition coefficient (Wildman–Crippen LogP) is 2.60. The molecule has 1 aromatic carbocycles. The molecule has 0 atom stereocenters. The van der Waals surface area contributed by atoms with Gasteiger partial charge in [-0.15, -0.1) is 0 Å². The largest absolute Gasteiger partial charge is 0.484 e. The van der Waals surface area contributed by atoms with Crippen molar-refractivity contribution in [2.75, 3.05) is 6.61 Å². The third-order valence-corrected chi connectivity index (χ3v) is 2.08. The molecule has 0 saturated carbocycles. The first-order valence-corrected chi connectivity index (χ1v) is 5.78. The Balaban J connectivity index is 2.53. The number of benzene rings is 1. The molecule has 0 fully saturated rings. The van der Waals surface area contributed by atoms with Gasteiger partial charge in [-0.3, -0.25) is 4.79 Å². The van der Waals surface area contributed by atoms with E-state index in [2.05, 4.69) is 11.4 Å². The van der Waals surface area contributed by atoms with E-state index in [-0.39, 0.29) is 18.1 Å². The molecule has 17 heavy (non-hydrogen) atoms. The van der Waals surface area contributed by atoms with Gasteiger partial charge in [-0.1, -0.05) is 6.07 Å². The van der Waals surface area contributed by atoms with Crippen LogP contribution in [0.5, 0.6) is 5.75 Å². The number of amides is 1. The third-order valence-electron chi connectivity index (χ3n) is 2.08. The molecular formula is C14H21NO2. The summed E-state index contributed by atoms with van der Waals surface area (Å²) in [6.07, 6.45) is 0. The monoisotopic (exact) mass is 235 g/mol. The summed E-state index contributed by atoms with van der Waals surface area (Å²) < 4.78 is 5.46. The minimum Gasteiger partial charge on any atom is -0.484 e. The van der Waals surface area contributed by atoms with Gasteiger partial charge in [0.25, 0.3) is 5.91 Å². The van der Waals surface area contributed by atoms with E-state index in [0.717, 1.165) is 16.9 Å². The number of hydrogen-bond acceptors (Lipinski definition) is 2. The van der Waals surface area contributed by atoms with Crippen molar-refractivity contribution in [3.8, 4) is 5.75 Å². The van der Waals surface area contributed by atoms with E-state index < -0.39 is 0 Å². The van der Waals surface area contributed by atoms with Crippen LogP contribution in [-0.4, -0.2) is 18.1 Å². The van der Waals surface area contributed by atoms with Gasteiger partial charge in [-0.25, -0.2) is 0 Å². The Morgan fingerprint density at radius 2 is 1.71 bits per heavy atom. The Morgan fingerprint density at radius 1 is 1.18 bits per heavy atom. The molecule has 3 heteroatoms. The average molecular weight is 235 g/mol. The highest BCUT2D eigenvalue weighted by atomic mass is 16.5. The van der Waals surface area contributed by atoms with Crippen molar-refractivity contribution in [2.24, 2.45) is 0 Å². The quantitative estimate of drug-likeness (QED) is 0.874. The second kappa shape index (κ2) is 5.21. The lowest BCUT2D eigenvalue weighted by atomic mass is 10.1. The van der Waals surface area contributed by atoms with Crippen LogP contribution in [0.2, 0.25) is 0 Å². The van der Waals surface area contributed by atoms with Crippen LogP contribution >= 0.6 is 0 Å². The first-order chi connectivity index (χ1) is 7.76. The SMILES string of the molecule is Cc1cc(C)cc(OCC(=O)NC(C)(C)C)c1. The topological polar surface area (TPSA) is 38.3 Å². The van der Waals surface area contributed by atoms with E-state index >= 15 is 0 Å². The van der Waals surface area contributed by atoms with Crippen LogP contribution in [-0.2, 0) is 4.79 Å². The first kappa shape index (κ1) is 13.6. The summed E-state index contributed by atoms with van der Waals surface area (Å²) in [6.45, 7) is 9.91. The van der Waals surface area contributed by atoms with Crippen molar-refractivity contribution < 1.29 is 9.53 Å². The molecule has 1 amide bonds. The Morgan fingerprint density at radius 3 is 2.18 bits per heavy atom. The van der Waals surface area contributed by atoms with Gasteiger partial charge in [-0.2, -0.15) is 0 Å². The van der Waals surface area contributed by atoms with Crippen LogP contribution in [0, 0.1) is 13.8 Å². The van der Waals surface area contributed by atoms with E-state index in [0.29, 0.717) is 0 Å². The lowest BCUT2D eigenvalue weighted by Crippen LogP contribution is -2.43. The van der Waals surface area contributed by atoms with Crippen LogP contribution in [0.15, 0.2) is 18.2 Å². The van der Waals surface area contributed by atoms with Crippen LogP contribution in [0.1, 0.15) is 31.9 Å². The Kier molecular flexibility index (Phi) is 4.16. The number of hydrogen-bond donors (Lipinski definition) is 1. The lowest BCUT2D eigenvalue weighted by molar-refractivity contribution is -0.124. The highest BCUT2D eigenvalue weighted by Gasteiger charge is 2.13. The summed E-state index contributed by atoms with van der Waals surface area (Å²) >= 11 is 0. The zero-order valence-electron chi connectivity index (χ0n) is 11.3. The molecular weight excluding hydrogens is 214 g/mol. The molecule has 0 unspecified atom stereocenters. The molecule has 0 radical (unpaired) electrons. The highest BCUT2D eigenvalue weighted by Crippen LogP contribution is 2.16. The van der Waals surface area contributed by atoms with Crippen molar-refractivity contribution >= 4 is 5.91 Å². The average Bonchev–Trinajstić information content (AvgIpc) is 2.10. The fourth-order valence-corrected chi connectivity index (χ4v) is 1.62. The molecule has 0 aromatic heterocycles. The van der Waals surface area contributed by atoms with E-state index in [9.17, 15) is 4.79 Å². The van der Waals surface area contributed by atoms with Gasteiger partial charge in [0.2, 0.25) is 0 Å². The van der Waals surface area contributed by atoms with Gasteiger partial charge in [0, 0.05) is 5.54 Å². The summed E-state index contributed by atoms with van der Waals surface area (Å²) in [7, 11) is 0. The van der Waals surface area contributed by atoms with Crippen LogP contribution in [0.25, 0.3) is 0 Å². The van der Waals surface area contributed by atoms with Gasteiger partial charge in [0.1, 0.15) is 5.75 Å². The summed E-state index contributed by atoms with van der Waals surface area (Å²) in [4.78, 5) is 11.6. The lowest BCUT2D eigenvalue weighted by Gasteiger charge is -2.20. The van der Waals surface area contributed by atoms with Crippen molar-refractivity contribution in [3.05, 3.63) is 29.3 Å². The Labute approximate surface area is 103 Å². The molecule has 0 saturated heterocycles. The maximum atomic E-state index is 11.6. The van der Waals surface area contributed by atoms with E-state index in [4.69, 9.17) is 4.74 Å². The molecule has 0 spiro atoms. The number of aryl methyl sites for hydroxylation is 2. The minimum atomic E-state index is -0.219. The van der Waals surface area contributed by atoms with Crippen molar-refractivity contribution in [1.82, 2.24) is 5.32 Å². The van der Waals surface area contributed by atoms with Crippen LogP contribution in [0.3, 0.4) is 0 Å². The molecule has 0 bridgehead atoms. The summed E-state index contributed by atoms with van der Waals surface area (Å²) in [5.41, 5.74) is 2.05. The highest BCUT2D eigenvalue weighted by molar-refractivity contribution is 5.78. The van der Waals surface area contributed by atoms with Gasteiger partial charge in [0.05, 0.1) is 0 Å². The molecule has 0 aliphatic heterocycles. The van der Waals surface area contributed by atoms with Gasteiger partial charge in [-0.05, 0) is 57.9 Å². The standard InChI is InChI=1S/C14H21NO2/c1-10-6-11(2)8-12(7-10)17-9-13(16)15-14(3,4)5/h6-8H,9H2,1-5H3,(H,15,16). The van der Waals surface area contributed by atoms with Crippen molar-refractivity contribution in [2.45, 2.75) is 40.2 Å². The molecule has 0 aliphatic rings. The van der Waals surface area contributed by atoms with Gasteiger partial charge in [0.15, 0.2) is 6.61 Å². The summed E-state index contributed by atoms with van der Waals surface area (Å²) in [6, 6.07) is 5.93. The fourth-order valence-electron chi connectivity index (χ4n) is 1.62. The molecule has 1 aromatic rings. The minimum absolute atomic E-state index is 0.0557. The molecule has 0 heterocycles. The molecule has 1 rings (SSSR count). The van der Waals surface area contributed by atoms with E-state index in [1.807, 2.05) is 46.8 Å². The maximum absolute atomic E-state index is 11.6. The van der Waals surface area contributed by atoms with E-state index in [1.54, 1.807) is 0 Å². The van der Waals surface area contributed by atoms with Crippen LogP contribution < -0.4 is 10.1 Å².